The van der Waals surface area contributed by atoms with Gasteiger partial charge < -0.3 is 10.6 Å². The molecule has 0 saturated carbocycles. The van der Waals surface area contributed by atoms with E-state index in [2.05, 4.69) is 20.6 Å². The van der Waals surface area contributed by atoms with E-state index in [0.29, 0.717) is 17.5 Å². The van der Waals surface area contributed by atoms with E-state index in [4.69, 9.17) is 11.6 Å². The third-order valence-electron chi connectivity index (χ3n) is 3.68. The van der Waals surface area contributed by atoms with E-state index in [-0.39, 0.29) is 11.3 Å². The van der Waals surface area contributed by atoms with Gasteiger partial charge in [0.15, 0.2) is 11.6 Å². The number of halogens is 3. The lowest BCUT2D eigenvalue weighted by Crippen LogP contribution is -2.14. The van der Waals surface area contributed by atoms with E-state index >= 15 is 0 Å². The molecule has 138 valence electrons. The molecular formula is C19H15ClF2N4O. The van der Waals surface area contributed by atoms with Crippen LogP contribution in [0.2, 0.25) is 5.02 Å². The van der Waals surface area contributed by atoms with Gasteiger partial charge >= 0.3 is 0 Å². The Morgan fingerprint density at radius 3 is 2.52 bits per heavy atom. The van der Waals surface area contributed by atoms with Crippen molar-refractivity contribution in [2.45, 2.75) is 6.42 Å². The lowest BCUT2D eigenvalue weighted by molar-refractivity contribution is 0.102. The molecule has 2 aromatic carbocycles. The summed E-state index contributed by atoms with van der Waals surface area (Å²) < 4.78 is 26.1. The van der Waals surface area contributed by atoms with Crippen molar-refractivity contribution in [3.8, 4) is 0 Å². The van der Waals surface area contributed by atoms with E-state index in [9.17, 15) is 13.6 Å². The molecule has 0 unspecified atom stereocenters. The molecule has 1 heterocycles. The number of amides is 1. The fourth-order valence-electron chi connectivity index (χ4n) is 2.32. The summed E-state index contributed by atoms with van der Waals surface area (Å²) in [7, 11) is 0. The number of rotatable bonds is 6. The van der Waals surface area contributed by atoms with Gasteiger partial charge in [0.1, 0.15) is 0 Å². The number of carbonyl (C=O) groups excluding carboxylic acids is 1. The molecule has 5 nitrogen and oxygen atoms in total. The van der Waals surface area contributed by atoms with Crippen LogP contribution in [0.5, 0.6) is 0 Å². The van der Waals surface area contributed by atoms with Crippen LogP contribution >= 0.6 is 11.6 Å². The summed E-state index contributed by atoms with van der Waals surface area (Å²) in [6.45, 7) is 0.598. The van der Waals surface area contributed by atoms with Crippen molar-refractivity contribution in [3.63, 3.8) is 0 Å². The molecular weight excluding hydrogens is 374 g/mol. The van der Waals surface area contributed by atoms with Gasteiger partial charge in [0.2, 0.25) is 5.95 Å². The molecule has 27 heavy (non-hydrogen) atoms. The molecule has 0 fully saturated rings. The number of nitrogens with one attached hydrogen (secondary N) is 2. The quantitative estimate of drug-likeness (QED) is 0.660. The van der Waals surface area contributed by atoms with E-state index in [1.165, 1.54) is 18.5 Å². The lowest BCUT2D eigenvalue weighted by atomic mass is 10.1. The standard InChI is InChI=1S/C19H15ClF2N4O/c20-14-3-1-2-12(8-14)6-7-23-19-24-10-13(11-25-19)18(27)26-15-4-5-16(21)17(22)9-15/h1-5,8-11H,6-7H2,(H,26,27)(H,23,24,25). The highest BCUT2D eigenvalue weighted by atomic mass is 35.5. The topological polar surface area (TPSA) is 66.9 Å². The maximum absolute atomic E-state index is 13.2. The average Bonchev–Trinajstić information content (AvgIpc) is 2.65. The molecule has 0 saturated heterocycles. The lowest BCUT2D eigenvalue weighted by Gasteiger charge is -2.07. The number of hydrogen-bond acceptors (Lipinski definition) is 4. The average molecular weight is 389 g/mol. The SMILES string of the molecule is O=C(Nc1ccc(F)c(F)c1)c1cnc(NCCc2cccc(Cl)c2)nc1. The number of aromatic nitrogens is 2. The van der Waals surface area contributed by atoms with Crippen LogP contribution < -0.4 is 10.6 Å². The third kappa shape index (κ3) is 5.21. The Labute approximate surface area is 159 Å². The Kier molecular flexibility index (Phi) is 5.93. The highest BCUT2D eigenvalue weighted by Crippen LogP contribution is 2.14. The molecule has 0 radical (unpaired) electrons. The minimum atomic E-state index is -1.04. The highest BCUT2D eigenvalue weighted by molar-refractivity contribution is 6.30. The minimum absolute atomic E-state index is 0.141. The molecule has 8 heteroatoms. The normalized spacial score (nSPS) is 10.5. The van der Waals surface area contributed by atoms with E-state index in [1.807, 2.05) is 24.3 Å². The van der Waals surface area contributed by atoms with Crippen LogP contribution in [0.15, 0.2) is 54.9 Å². The summed E-state index contributed by atoms with van der Waals surface area (Å²) in [6.07, 6.45) is 3.44. The first-order valence-corrected chi connectivity index (χ1v) is 8.46. The molecule has 0 aliphatic rings. The number of carbonyl (C=O) groups is 1. The number of benzene rings is 2. The summed E-state index contributed by atoms with van der Waals surface area (Å²) in [5.41, 5.74) is 1.42. The summed E-state index contributed by atoms with van der Waals surface area (Å²) in [5, 5.41) is 6.19. The van der Waals surface area contributed by atoms with Crippen molar-refractivity contribution in [2.24, 2.45) is 0 Å². The Hall–Kier alpha value is -3.06. The fourth-order valence-corrected chi connectivity index (χ4v) is 2.54. The van der Waals surface area contributed by atoms with Crippen LogP contribution in [0, 0.1) is 11.6 Å². The van der Waals surface area contributed by atoms with Crippen LogP contribution in [0.4, 0.5) is 20.4 Å². The van der Waals surface area contributed by atoms with Gasteiger partial charge in [0, 0.05) is 35.7 Å². The maximum atomic E-state index is 13.2. The van der Waals surface area contributed by atoms with Gasteiger partial charge in [-0.1, -0.05) is 23.7 Å². The largest absolute Gasteiger partial charge is 0.354 e. The summed E-state index contributed by atoms with van der Waals surface area (Å²) in [6, 6.07) is 10.7. The van der Waals surface area contributed by atoms with Crippen molar-refractivity contribution in [1.29, 1.82) is 0 Å². The zero-order chi connectivity index (χ0) is 19.2. The first-order chi connectivity index (χ1) is 13.0. The number of nitrogens with zero attached hydrogens (tertiary/aromatic N) is 2. The molecule has 0 aliphatic carbocycles. The first kappa shape index (κ1) is 18.7. The number of hydrogen-bond donors (Lipinski definition) is 2. The molecule has 0 spiro atoms. The van der Waals surface area contributed by atoms with Crippen LogP contribution in [0.25, 0.3) is 0 Å². The molecule has 0 atom stereocenters. The van der Waals surface area contributed by atoms with Crippen molar-refractivity contribution >= 4 is 29.1 Å². The molecule has 1 amide bonds. The van der Waals surface area contributed by atoms with E-state index in [0.717, 1.165) is 24.1 Å². The molecule has 0 bridgehead atoms. The van der Waals surface area contributed by atoms with Crippen molar-refractivity contribution in [3.05, 3.63) is 82.6 Å². The van der Waals surface area contributed by atoms with Crippen LogP contribution in [0.3, 0.4) is 0 Å². The molecule has 3 aromatic rings. The second-order valence-electron chi connectivity index (χ2n) is 5.69. The van der Waals surface area contributed by atoms with Crippen molar-refractivity contribution < 1.29 is 13.6 Å². The number of anilines is 2. The van der Waals surface area contributed by atoms with Gasteiger partial charge in [-0.05, 0) is 36.2 Å². The monoisotopic (exact) mass is 388 g/mol. The maximum Gasteiger partial charge on any atom is 0.258 e. The van der Waals surface area contributed by atoms with Gasteiger partial charge in [-0.25, -0.2) is 18.7 Å². The summed E-state index contributed by atoms with van der Waals surface area (Å²) in [5.74, 6) is -2.17. The zero-order valence-electron chi connectivity index (χ0n) is 14.0. The molecule has 1 aromatic heterocycles. The molecule has 3 rings (SSSR count). The predicted octanol–water partition coefficient (Wildman–Crippen LogP) is 4.32. The van der Waals surface area contributed by atoms with Gasteiger partial charge in [0.05, 0.1) is 5.56 Å². The second-order valence-corrected chi connectivity index (χ2v) is 6.12. The Morgan fingerprint density at radius 2 is 1.81 bits per heavy atom. The smallest absolute Gasteiger partial charge is 0.258 e. The fraction of sp³-hybridized carbons (Fsp3) is 0.105. The van der Waals surface area contributed by atoms with Crippen LogP contribution in [-0.4, -0.2) is 22.4 Å². The first-order valence-electron chi connectivity index (χ1n) is 8.08. The van der Waals surface area contributed by atoms with Gasteiger partial charge in [-0.15, -0.1) is 0 Å². The predicted molar refractivity (Wildman–Crippen MR) is 100.0 cm³/mol. The van der Waals surface area contributed by atoms with Gasteiger partial charge in [-0.3, -0.25) is 4.79 Å². The Bertz CT molecular complexity index is 951. The summed E-state index contributed by atoms with van der Waals surface area (Å²) in [4.78, 5) is 20.3. The van der Waals surface area contributed by atoms with Crippen LogP contribution in [-0.2, 0) is 6.42 Å². The van der Waals surface area contributed by atoms with Crippen LogP contribution in [0.1, 0.15) is 15.9 Å². The van der Waals surface area contributed by atoms with Gasteiger partial charge in [0.25, 0.3) is 5.91 Å². The minimum Gasteiger partial charge on any atom is -0.354 e. The third-order valence-corrected chi connectivity index (χ3v) is 3.91. The highest BCUT2D eigenvalue weighted by Gasteiger charge is 2.10. The summed E-state index contributed by atoms with van der Waals surface area (Å²) >= 11 is 5.94. The van der Waals surface area contributed by atoms with Crippen molar-refractivity contribution in [2.75, 3.05) is 17.2 Å². The molecule has 0 aliphatic heterocycles. The van der Waals surface area contributed by atoms with Crippen molar-refractivity contribution in [1.82, 2.24) is 9.97 Å². The Balaban J connectivity index is 1.54. The Morgan fingerprint density at radius 1 is 1.04 bits per heavy atom. The van der Waals surface area contributed by atoms with E-state index < -0.39 is 17.5 Å². The second kappa shape index (κ2) is 8.55. The van der Waals surface area contributed by atoms with Gasteiger partial charge in [-0.2, -0.15) is 0 Å². The van der Waals surface area contributed by atoms with E-state index in [1.54, 1.807) is 0 Å². The molecule has 2 N–H and O–H groups in total. The zero-order valence-corrected chi connectivity index (χ0v) is 14.8.